The van der Waals surface area contributed by atoms with Gasteiger partial charge in [-0.1, -0.05) is 25.0 Å². The quantitative estimate of drug-likeness (QED) is 0.917. The Balaban J connectivity index is 1.76. The van der Waals surface area contributed by atoms with E-state index in [1.807, 2.05) is 0 Å². The van der Waals surface area contributed by atoms with Crippen LogP contribution in [0.25, 0.3) is 0 Å². The molecule has 0 spiro atoms. The summed E-state index contributed by atoms with van der Waals surface area (Å²) in [6, 6.07) is 9.18. The molecule has 1 fully saturated rings. The molecule has 0 saturated heterocycles. The molecule has 0 bridgehead atoms. The highest BCUT2D eigenvalue weighted by Gasteiger charge is 2.27. The average Bonchev–Trinajstić information content (AvgIpc) is 2.71. The summed E-state index contributed by atoms with van der Waals surface area (Å²) in [4.78, 5) is 2.54. The van der Waals surface area contributed by atoms with Crippen molar-refractivity contribution in [2.75, 3.05) is 31.6 Å². The van der Waals surface area contributed by atoms with E-state index in [9.17, 15) is 0 Å². The highest BCUT2D eigenvalue weighted by molar-refractivity contribution is 5.59. The summed E-state index contributed by atoms with van der Waals surface area (Å²) in [5.74, 6) is 1.82. The maximum absolute atomic E-state index is 5.86. The van der Waals surface area contributed by atoms with Gasteiger partial charge in [0.2, 0.25) is 0 Å². The van der Waals surface area contributed by atoms with E-state index in [4.69, 9.17) is 4.74 Å². The Hall–Kier alpha value is -1.22. The van der Waals surface area contributed by atoms with Crippen LogP contribution in [-0.4, -0.2) is 32.8 Å². The maximum Gasteiger partial charge on any atom is 0.142 e. The first-order chi connectivity index (χ1) is 9.88. The zero-order chi connectivity index (χ0) is 13.8. The number of nitrogens with one attached hydrogen (secondary N) is 1. The van der Waals surface area contributed by atoms with Gasteiger partial charge in [-0.15, -0.1) is 0 Å². The second-order valence-corrected chi connectivity index (χ2v) is 6.06. The Morgan fingerprint density at radius 1 is 1.20 bits per heavy atom. The summed E-state index contributed by atoms with van der Waals surface area (Å²) in [6.07, 6.45) is 6.56. The van der Waals surface area contributed by atoms with Gasteiger partial charge in [0.1, 0.15) is 5.75 Å². The SMILES string of the molecule is CNC1CCCCC1CN1CCCOc2ccccc21. The van der Waals surface area contributed by atoms with Crippen LogP contribution in [0.5, 0.6) is 5.75 Å². The van der Waals surface area contributed by atoms with Crippen LogP contribution in [0, 0.1) is 5.92 Å². The Morgan fingerprint density at radius 3 is 2.95 bits per heavy atom. The molecule has 20 heavy (non-hydrogen) atoms. The van der Waals surface area contributed by atoms with Crippen LogP contribution < -0.4 is 15.0 Å². The monoisotopic (exact) mass is 274 g/mol. The minimum atomic E-state index is 0.681. The molecular weight excluding hydrogens is 248 g/mol. The Bertz CT molecular complexity index is 435. The van der Waals surface area contributed by atoms with Crippen molar-refractivity contribution in [3.05, 3.63) is 24.3 Å². The molecule has 2 atom stereocenters. The van der Waals surface area contributed by atoms with Crippen LogP contribution in [0.4, 0.5) is 5.69 Å². The number of hydrogen-bond donors (Lipinski definition) is 1. The summed E-state index contributed by atoms with van der Waals surface area (Å²) in [5.41, 5.74) is 1.28. The predicted molar refractivity (Wildman–Crippen MR) is 83.6 cm³/mol. The molecule has 2 unspecified atom stereocenters. The minimum absolute atomic E-state index is 0.681. The minimum Gasteiger partial charge on any atom is -0.491 e. The number of anilines is 1. The van der Waals surface area contributed by atoms with E-state index in [0.29, 0.717) is 6.04 Å². The van der Waals surface area contributed by atoms with Crippen molar-refractivity contribution >= 4 is 5.69 Å². The summed E-state index contributed by atoms with van der Waals surface area (Å²) >= 11 is 0. The van der Waals surface area contributed by atoms with E-state index in [0.717, 1.165) is 37.8 Å². The van der Waals surface area contributed by atoms with E-state index < -0.39 is 0 Å². The molecule has 1 aromatic rings. The fourth-order valence-corrected chi connectivity index (χ4v) is 3.68. The summed E-state index contributed by atoms with van der Waals surface area (Å²) in [5, 5.41) is 3.53. The number of ether oxygens (including phenoxy) is 1. The fourth-order valence-electron chi connectivity index (χ4n) is 3.68. The van der Waals surface area contributed by atoms with Crippen molar-refractivity contribution in [1.29, 1.82) is 0 Å². The molecule has 3 nitrogen and oxygen atoms in total. The molecule has 1 heterocycles. The van der Waals surface area contributed by atoms with E-state index in [1.165, 1.54) is 31.4 Å². The molecule has 1 aromatic carbocycles. The van der Waals surface area contributed by atoms with Gasteiger partial charge in [-0.25, -0.2) is 0 Å². The summed E-state index contributed by atoms with van der Waals surface area (Å²) < 4.78 is 5.86. The van der Waals surface area contributed by atoms with Crippen molar-refractivity contribution in [2.24, 2.45) is 5.92 Å². The third-order valence-electron chi connectivity index (χ3n) is 4.77. The van der Waals surface area contributed by atoms with Gasteiger partial charge in [0.05, 0.1) is 12.3 Å². The van der Waals surface area contributed by atoms with Crippen molar-refractivity contribution in [1.82, 2.24) is 5.32 Å². The van der Waals surface area contributed by atoms with Crippen LogP contribution in [0.3, 0.4) is 0 Å². The van der Waals surface area contributed by atoms with Crippen LogP contribution in [0.15, 0.2) is 24.3 Å². The zero-order valence-electron chi connectivity index (χ0n) is 12.5. The molecule has 110 valence electrons. The number of para-hydroxylation sites is 2. The second kappa shape index (κ2) is 6.49. The molecule has 1 aliphatic carbocycles. The van der Waals surface area contributed by atoms with Crippen LogP contribution >= 0.6 is 0 Å². The van der Waals surface area contributed by atoms with Gasteiger partial charge in [-0.3, -0.25) is 0 Å². The zero-order valence-corrected chi connectivity index (χ0v) is 12.5. The fraction of sp³-hybridized carbons (Fsp3) is 0.647. The van der Waals surface area contributed by atoms with Crippen molar-refractivity contribution in [3.8, 4) is 5.75 Å². The number of fused-ring (bicyclic) bond motifs is 1. The first-order valence-electron chi connectivity index (χ1n) is 8.02. The van der Waals surface area contributed by atoms with Gasteiger partial charge in [0.15, 0.2) is 0 Å². The van der Waals surface area contributed by atoms with Gasteiger partial charge in [-0.05, 0) is 44.4 Å². The van der Waals surface area contributed by atoms with Gasteiger partial charge in [0, 0.05) is 19.1 Å². The largest absolute Gasteiger partial charge is 0.491 e. The highest BCUT2D eigenvalue weighted by Crippen LogP contribution is 2.33. The van der Waals surface area contributed by atoms with Crippen LogP contribution in [0.1, 0.15) is 32.1 Å². The lowest BCUT2D eigenvalue weighted by Gasteiger charge is -2.36. The molecule has 0 aromatic heterocycles. The first-order valence-corrected chi connectivity index (χ1v) is 8.02. The Kier molecular flexibility index (Phi) is 4.46. The van der Waals surface area contributed by atoms with Crippen molar-refractivity contribution in [3.63, 3.8) is 0 Å². The third kappa shape index (κ3) is 2.93. The molecule has 0 radical (unpaired) electrons. The van der Waals surface area contributed by atoms with E-state index in [2.05, 4.69) is 41.5 Å². The molecule has 2 aliphatic rings. The predicted octanol–water partition coefficient (Wildman–Crippen LogP) is 3.05. The van der Waals surface area contributed by atoms with Crippen LogP contribution in [0.2, 0.25) is 0 Å². The summed E-state index contributed by atoms with van der Waals surface area (Å²) in [6.45, 7) is 3.11. The van der Waals surface area contributed by atoms with Gasteiger partial charge in [0.25, 0.3) is 0 Å². The Morgan fingerprint density at radius 2 is 2.05 bits per heavy atom. The van der Waals surface area contributed by atoms with E-state index >= 15 is 0 Å². The van der Waals surface area contributed by atoms with Crippen molar-refractivity contribution in [2.45, 2.75) is 38.1 Å². The molecular formula is C17H26N2O. The lowest BCUT2D eigenvalue weighted by atomic mass is 9.84. The number of hydrogen-bond acceptors (Lipinski definition) is 3. The number of benzene rings is 1. The molecule has 3 heteroatoms. The third-order valence-corrected chi connectivity index (χ3v) is 4.77. The van der Waals surface area contributed by atoms with E-state index in [-0.39, 0.29) is 0 Å². The maximum atomic E-state index is 5.86. The lowest BCUT2D eigenvalue weighted by molar-refractivity contribution is 0.275. The van der Waals surface area contributed by atoms with Gasteiger partial charge >= 0.3 is 0 Å². The first kappa shape index (κ1) is 13.7. The standard InChI is InChI=1S/C17H26N2O/c1-18-15-8-3-2-7-14(15)13-19-11-6-12-20-17-10-5-4-9-16(17)19/h4-5,9-10,14-15,18H,2-3,6-8,11-13H2,1H3. The topological polar surface area (TPSA) is 24.5 Å². The molecule has 0 amide bonds. The normalized spacial score (nSPS) is 26.6. The van der Waals surface area contributed by atoms with Crippen LogP contribution in [-0.2, 0) is 0 Å². The smallest absolute Gasteiger partial charge is 0.142 e. The van der Waals surface area contributed by atoms with E-state index in [1.54, 1.807) is 0 Å². The molecule has 1 aliphatic heterocycles. The molecule has 1 saturated carbocycles. The molecule has 1 N–H and O–H groups in total. The summed E-state index contributed by atoms with van der Waals surface area (Å²) in [7, 11) is 2.11. The average molecular weight is 274 g/mol. The van der Waals surface area contributed by atoms with Crippen molar-refractivity contribution < 1.29 is 4.74 Å². The second-order valence-electron chi connectivity index (χ2n) is 6.06. The number of nitrogens with zero attached hydrogens (tertiary/aromatic N) is 1. The highest BCUT2D eigenvalue weighted by atomic mass is 16.5. The van der Waals surface area contributed by atoms with Gasteiger partial charge < -0.3 is 15.0 Å². The Labute approximate surface area is 122 Å². The lowest BCUT2D eigenvalue weighted by Crippen LogP contribution is -2.43. The number of rotatable bonds is 3. The van der Waals surface area contributed by atoms with Gasteiger partial charge in [-0.2, -0.15) is 0 Å². The molecule has 3 rings (SSSR count).